The van der Waals surface area contributed by atoms with Crippen molar-refractivity contribution < 1.29 is 23.1 Å². The normalized spacial score (nSPS) is 16.0. The lowest BCUT2D eigenvalue weighted by Gasteiger charge is -2.32. The molecular weight excluding hydrogens is 358 g/mol. The van der Waals surface area contributed by atoms with Crippen LogP contribution in [0.1, 0.15) is 10.4 Å². The van der Waals surface area contributed by atoms with Gasteiger partial charge in [0, 0.05) is 45.8 Å². The molecule has 1 aliphatic heterocycles. The van der Waals surface area contributed by atoms with Crippen LogP contribution in [0, 0.1) is 0 Å². The SMILES string of the molecule is CN(C)C(=O)c1ccc(Cl)c(S(=O)(=O)N2CCN(C(=O)O)CC2)c1. The molecule has 0 aliphatic carbocycles. The van der Waals surface area contributed by atoms with E-state index in [2.05, 4.69) is 0 Å². The van der Waals surface area contributed by atoms with Crippen molar-refractivity contribution in [1.82, 2.24) is 14.1 Å². The van der Waals surface area contributed by atoms with Gasteiger partial charge in [0.05, 0.1) is 5.02 Å². The van der Waals surface area contributed by atoms with E-state index in [0.717, 1.165) is 4.90 Å². The molecule has 10 heteroatoms. The summed E-state index contributed by atoms with van der Waals surface area (Å²) in [5.41, 5.74) is 0.215. The zero-order chi connectivity index (χ0) is 18.1. The van der Waals surface area contributed by atoms with Gasteiger partial charge < -0.3 is 14.9 Å². The number of rotatable bonds is 3. The zero-order valence-electron chi connectivity index (χ0n) is 13.3. The Balaban J connectivity index is 2.31. The predicted octanol–water partition coefficient (Wildman–Crippen LogP) is 1.03. The van der Waals surface area contributed by atoms with Gasteiger partial charge in [-0.2, -0.15) is 4.31 Å². The summed E-state index contributed by atoms with van der Waals surface area (Å²) in [4.78, 5) is 25.3. The standard InChI is InChI=1S/C14H18ClN3O5S/c1-16(2)13(19)10-3-4-11(15)12(9-10)24(22,23)18-7-5-17(6-8-18)14(20)21/h3-4,9H,5-8H2,1-2H3,(H,20,21). The van der Waals surface area contributed by atoms with Crippen molar-refractivity contribution in [2.75, 3.05) is 40.3 Å². The molecule has 0 unspecified atom stereocenters. The van der Waals surface area contributed by atoms with Crippen LogP contribution in [0.15, 0.2) is 23.1 Å². The van der Waals surface area contributed by atoms with E-state index >= 15 is 0 Å². The highest BCUT2D eigenvalue weighted by molar-refractivity contribution is 7.89. The van der Waals surface area contributed by atoms with Crippen molar-refractivity contribution in [3.8, 4) is 0 Å². The molecule has 24 heavy (non-hydrogen) atoms. The topological polar surface area (TPSA) is 98.2 Å². The molecule has 0 bridgehead atoms. The Hall–Kier alpha value is -1.84. The van der Waals surface area contributed by atoms with Crippen LogP contribution in [-0.4, -0.2) is 79.9 Å². The third-order valence-electron chi connectivity index (χ3n) is 3.71. The van der Waals surface area contributed by atoms with Crippen LogP contribution in [-0.2, 0) is 10.0 Å². The van der Waals surface area contributed by atoms with E-state index < -0.39 is 16.1 Å². The summed E-state index contributed by atoms with van der Waals surface area (Å²) in [5, 5.41) is 8.95. The Bertz CT molecular complexity index is 758. The van der Waals surface area contributed by atoms with Crippen LogP contribution in [0.2, 0.25) is 5.02 Å². The van der Waals surface area contributed by atoms with Crippen LogP contribution >= 0.6 is 11.6 Å². The smallest absolute Gasteiger partial charge is 0.407 e. The molecule has 1 aliphatic rings. The van der Waals surface area contributed by atoms with Gasteiger partial charge in [0.1, 0.15) is 4.90 Å². The van der Waals surface area contributed by atoms with Gasteiger partial charge in [0.25, 0.3) is 5.91 Å². The summed E-state index contributed by atoms with van der Waals surface area (Å²) in [7, 11) is -0.781. The molecule has 1 heterocycles. The number of piperazine rings is 1. The fourth-order valence-electron chi connectivity index (χ4n) is 2.35. The average Bonchev–Trinajstić information content (AvgIpc) is 2.54. The number of carbonyl (C=O) groups is 2. The third kappa shape index (κ3) is 3.63. The van der Waals surface area contributed by atoms with Gasteiger partial charge in [-0.3, -0.25) is 4.79 Å². The number of nitrogens with zero attached hydrogens (tertiary/aromatic N) is 3. The minimum atomic E-state index is -3.91. The monoisotopic (exact) mass is 375 g/mol. The molecule has 2 amide bonds. The number of benzene rings is 1. The first-order chi connectivity index (χ1) is 11.1. The first kappa shape index (κ1) is 18.5. The largest absolute Gasteiger partial charge is 0.465 e. The van der Waals surface area contributed by atoms with Crippen molar-refractivity contribution in [3.05, 3.63) is 28.8 Å². The molecule has 1 aromatic carbocycles. The van der Waals surface area contributed by atoms with Crippen molar-refractivity contribution in [3.63, 3.8) is 0 Å². The maximum Gasteiger partial charge on any atom is 0.407 e. The van der Waals surface area contributed by atoms with E-state index in [-0.39, 0.29) is 47.6 Å². The van der Waals surface area contributed by atoms with E-state index in [0.29, 0.717) is 0 Å². The first-order valence-corrected chi connectivity index (χ1v) is 8.95. The Morgan fingerprint density at radius 2 is 1.75 bits per heavy atom. The summed E-state index contributed by atoms with van der Waals surface area (Å²) < 4.78 is 26.7. The molecular formula is C14H18ClN3O5S. The number of carbonyl (C=O) groups excluding carboxylic acids is 1. The number of hydrogen-bond donors (Lipinski definition) is 1. The highest BCUT2D eigenvalue weighted by atomic mass is 35.5. The maximum atomic E-state index is 12.8. The summed E-state index contributed by atoms with van der Waals surface area (Å²) in [6.45, 7) is 0.249. The Morgan fingerprint density at radius 1 is 1.17 bits per heavy atom. The molecule has 1 aromatic rings. The van der Waals surface area contributed by atoms with Crippen molar-refractivity contribution in [1.29, 1.82) is 0 Å². The molecule has 1 saturated heterocycles. The second-order valence-corrected chi connectivity index (χ2v) is 7.83. The van der Waals surface area contributed by atoms with Crippen molar-refractivity contribution in [2.45, 2.75) is 4.90 Å². The van der Waals surface area contributed by atoms with Crippen LogP contribution < -0.4 is 0 Å². The van der Waals surface area contributed by atoms with Crippen molar-refractivity contribution >= 4 is 33.6 Å². The summed E-state index contributed by atoms with van der Waals surface area (Å²) >= 11 is 6.03. The molecule has 0 saturated carbocycles. The van der Waals surface area contributed by atoms with Crippen LogP contribution in [0.3, 0.4) is 0 Å². The zero-order valence-corrected chi connectivity index (χ0v) is 14.8. The van der Waals surface area contributed by atoms with E-state index in [1.807, 2.05) is 0 Å². The lowest BCUT2D eigenvalue weighted by molar-refractivity contribution is 0.0827. The minimum Gasteiger partial charge on any atom is -0.465 e. The Morgan fingerprint density at radius 3 is 2.25 bits per heavy atom. The number of halogens is 1. The number of amides is 2. The lowest BCUT2D eigenvalue weighted by Crippen LogP contribution is -2.50. The number of carboxylic acid groups (broad SMARTS) is 1. The second kappa shape index (κ2) is 6.96. The summed E-state index contributed by atoms with van der Waals surface area (Å²) in [5.74, 6) is -0.334. The summed E-state index contributed by atoms with van der Waals surface area (Å²) in [6.07, 6.45) is -1.08. The molecule has 0 radical (unpaired) electrons. The fraction of sp³-hybridized carbons (Fsp3) is 0.429. The quantitative estimate of drug-likeness (QED) is 0.850. The number of hydrogen-bond acceptors (Lipinski definition) is 4. The van der Waals surface area contributed by atoms with Gasteiger partial charge in [-0.25, -0.2) is 13.2 Å². The van der Waals surface area contributed by atoms with Gasteiger partial charge in [0.2, 0.25) is 10.0 Å². The van der Waals surface area contributed by atoms with E-state index in [1.165, 1.54) is 27.4 Å². The van der Waals surface area contributed by atoms with Crippen LogP contribution in [0.25, 0.3) is 0 Å². The third-order valence-corrected chi connectivity index (χ3v) is 6.09. The molecule has 1 fully saturated rings. The lowest BCUT2D eigenvalue weighted by atomic mass is 10.2. The highest BCUT2D eigenvalue weighted by Gasteiger charge is 2.32. The van der Waals surface area contributed by atoms with Gasteiger partial charge in [0.15, 0.2) is 0 Å². The van der Waals surface area contributed by atoms with E-state index in [4.69, 9.17) is 16.7 Å². The molecule has 0 aromatic heterocycles. The second-order valence-electron chi connectivity index (χ2n) is 5.52. The first-order valence-electron chi connectivity index (χ1n) is 7.14. The minimum absolute atomic E-state index is 0.0194. The predicted molar refractivity (Wildman–Crippen MR) is 87.8 cm³/mol. The number of sulfonamides is 1. The molecule has 132 valence electrons. The maximum absolute atomic E-state index is 12.8. The van der Waals surface area contributed by atoms with Gasteiger partial charge in [-0.05, 0) is 18.2 Å². The summed E-state index contributed by atoms with van der Waals surface area (Å²) in [6, 6.07) is 4.09. The average molecular weight is 376 g/mol. The highest BCUT2D eigenvalue weighted by Crippen LogP contribution is 2.27. The van der Waals surface area contributed by atoms with Crippen LogP contribution in [0.4, 0.5) is 4.79 Å². The van der Waals surface area contributed by atoms with E-state index in [9.17, 15) is 18.0 Å². The molecule has 1 N–H and O–H groups in total. The van der Waals surface area contributed by atoms with Gasteiger partial charge in [-0.1, -0.05) is 11.6 Å². The Kier molecular flexibility index (Phi) is 5.36. The van der Waals surface area contributed by atoms with Crippen LogP contribution in [0.5, 0.6) is 0 Å². The Labute approximate surface area is 145 Å². The molecule has 8 nitrogen and oxygen atoms in total. The fourth-order valence-corrected chi connectivity index (χ4v) is 4.27. The molecule has 0 spiro atoms. The van der Waals surface area contributed by atoms with Gasteiger partial charge in [-0.15, -0.1) is 0 Å². The van der Waals surface area contributed by atoms with Crippen molar-refractivity contribution in [2.24, 2.45) is 0 Å². The molecule has 0 atom stereocenters. The van der Waals surface area contributed by atoms with E-state index in [1.54, 1.807) is 14.1 Å². The van der Waals surface area contributed by atoms with Gasteiger partial charge >= 0.3 is 6.09 Å². The molecule has 2 rings (SSSR count).